The number of rotatable bonds is 5. The molecule has 0 unspecified atom stereocenters. The number of hydrogen-bond acceptors (Lipinski definition) is 6. The monoisotopic (exact) mass is 370 g/mol. The lowest BCUT2D eigenvalue weighted by molar-refractivity contribution is -0.135. The number of anilines is 2. The van der Waals surface area contributed by atoms with Crippen LogP contribution in [0.3, 0.4) is 0 Å². The number of pyridine rings is 1. The number of aromatic hydroxyl groups is 1. The predicted octanol–water partition coefficient (Wildman–Crippen LogP) is 1.24. The number of carboxylic acids is 1. The zero-order valence-electron chi connectivity index (χ0n) is 15.1. The number of carboxylic acid groups (broad SMARTS) is 1. The summed E-state index contributed by atoms with van der Waals surface area (Å²) in [5.41, 5.74) is 2.34. The molecule has 8 nitrogen and oxygen atoms in total. The van der Waals surface area contributed by atoms with Crippen molar-refractivity contribution in [3.63, 3.8) is 0 Å². The molecule has 1 fully saturated rings. The van der Waals surface area contributed by atoms with Crippen molar-refractivity contribution < 1.29 is 19.8 Å². The Bertz CT molecular complexity index is 833. The van der Waals surface area contributed by atoms with E-state index in [9.17, 15) is 14.7 Å². The molecule has 2 heterocycles. The van der Waals surface area contributed by atoms with E-state index in [-0.39, 0.29) is 11.4 Å². The van der Waals surface area contributed by atoms with Gasteiger partial charge in [0, 0.05) is 37.4 Å². The third-order valence-electron chi connectivity index (χ3n) is 4.64. The Balaban J connectivity index is 1.70. The van der Waals surface area contributed by atoms with E-state index in [1.54, 1.807) is 13.1 Å². The second kappa shape index (κ2) is 7.94. The Morgan fingerprint density at radius 2 is 1.74 bits per heavy atom. The number of amides is 1. The van der Waals surface area contributed by atoms with Crippen molar-refractivity contribution in [2.75, 3.05) is 42.5 Å². The number of carbonyl (C=O) groups excluding carboxylic acids is 1. The first-order valence-corrected chi connectivity index (χ1v) is 8.71. The summed E-state index contributed by atoms with van der Waals surface area (Å²) in [7, 11) is 0. The molecule has 0 atom stereocenters. The van der Waals surface area contributed by atoms with Crippen LogP contribution in [-0.4, -0.2) is 59.8 Å². The van der Waals surface area contributed by atoms with Gasteiger partial charge in [-0.15, -0.1) is 0 Å². The van der Waals surface area contributed by atoms with Gasteiger partial charge in [-0.05, 0) is 19.1 Å². The Kier molecular flexibility index (Phi) is 5.44. The number of benzene rings is 1. The molecule has 0 bridgehead atoms. The van der Waals surface area contributed by atoms with Gasteiger partial charge in [0.15, 0.2) is 11.4 Å². The van der Waals surface area contributed by atoms with Gasteiger partial charge in [0.2, 0.25) is 0 Å². The summed E-state index contributed by atoms with van der Waals surface area (Å²) in [6, 6.07) is 10.2. The van der Waals surface area contributed by atoms with E-state index in [4.69, 9.17) is 5.11 Å². The number of nitrogens with one attached hydrogen (secondary N) is 1. The van der Waals surface area contributed by atoms with Gasteiger partial charge < -0.3 is 25.3 Å². The highest BCUT2D eigenvalue weighted by atomic mass is 16.4. The first-order chi connectivity index (χ1) is 13.0. The molecule has 1 aromatic heterocycles. The summed E-state index contributed by atoms with van der Waals surface area (Å²) < 4.78 is 0. The number of nitrogens with zero attached hydrogens (tertiary/aromatic N) is 3. The highest BCUT2D eigenvalue weighted by Crippen LogP contribution is 2.30. The second-order valence-electron chi connectivity index (χ2n) is 6.35. The van der Waals surface area contributed by atoms with E-state index >= 15 is 0 Å². The lowest BCUT2D eigenvalue weighted by Crippen LogP contribution is -2.46. The maximum Gasteiger partial charge on any atom is 0.322 e. The first-order valence-electron chi connectivity index (χ1n) is 8.71. The number of piperazine rings is 1. The average molecular weight is 370 g/mol. The molecule has 0 spiro atoms. The number of aromatic nitrogens is 1. The van der Waals surface area contributed by atoms with Crippen LogP contribution < -0.4 is 15.1 Å². The van der Waals surface area contributed by atoms with Crippen molar-refractivity contribution in [2.45, 2.75) is 6.92 Å². The molecule has 142 valence electrons. The molecule has 8 heteroatoms. The average Bonchev–Trinajstić information content (AvgIpc) is 2.69. The van der Waals surface area contributed by atoms with Crippen LogP contribution in [0.1, 0.15) is 16.1 Å². The Morgan fingerprint density at radius 1 is 1.11 bits per heavy atom. The quantitative estimate of drug-likeness (QED) is 0.727. The summed E-state index contributed by atoms with van der Waals surface area (Å²) in [5, 5.41) is 21.2. The molecule has 2 aromatic rings. The largest absolute Gasteiger partial charge is 0.505 e. The minimum atomic E-state index is -1.16. The number of aliphatic carboxylic acids is 1. The van der Waals surface area contributed by atoms with E-state index in [1.807, 2.05) is 18.2 Å². The molecular formula is C19H22N4O4. The topological polar surface area (TPSA) is 106 Å². The molecule has 3 rings (SSSR count). The van der Waals surface area contributed by atoms with Crippen molar-refractivity contribution in [1.29, 1.82) is 0 Å². The van der Waals surface area contributed by atoms with Gasteiger partial charge in [-0.3, -0.25) is 9.59 Å². The van der Waals surface area contributed by atoms with Gasteiger partial charge in [0.1, 0.15) is 6.54 Å². The van der Waals surface area contributed by atoms with Crippen LogP contribution in [-0.2, 0) is 4.79 Å². The van der Waals surface area contributed by atoms with Crippen LogP contribution in [0.15, 0.2) is 36.5 Å². The molecule has 1 aromatic carbocycles. The molecule has 0 saturated carbocycles. The van der Waals surface area contributed by atoms with Crippen molar-refractivity contribution in [1.82, 2.24) is 10.3 Å². The van der Waals surface area contributed by atoms with Gasteiger partial charge in [0.05, 0.1) is 11.9 Å². The van der Waals surface area contributed by atoms with Crippen molar-refractivity contribution in [2.24, 2.45) is 0 Å². The molecule has 1 saturated heterocycles. The van der Waals surface area contributed by atoms with Gasteiger partial charge in [-0.1, -0.05) is 18.2 Å². The molecule has 0 aliphatic carbocycles. The normalized spacial score (nSPS) is 14.1. The molecule has 0 radical (unpaired) electrons. The van der Waals surface area contributed by atoms with E-state index in [2.05, 4.69) is 32.2 Å². The van der Waals surface area contributed by atoms with Crippen LogP contribution >= 0.6 is 0 Å². The first kappa shape index (κ1) is 18.5. The number of hydrogen-bond donors (Lipinski definition) is 3. The molecular weight excluding hydrogens is 348 g/mol. The zero-order valence-corrected chi connectivity index (χ0v) is 15.1. The fourth-order valence-corrected chi connectivity index (χ4v) is 3.15. The highest BCUT2D eigenvalue weighted by molar-refractivity contribution is 5.97. The SMILES string of the molecule is Cc1c(N2CCN(c3ccccc3)CC2)cnc(C(=O)NCC(=O)O)c1O. The summed E-state index contributed by atoms with van der Waals surface area (Å²) in [5.74, 6) is -2.09. The van der Waals surface area contributed by atoms with E-state index < -0.39 is 18.4 Å². The van der Waals surface area contributed by atoms with Crippen LogP contribution in [0.2, 0.25) is 0 Å². The lowest BCUT2D eigenvalue weighted by Gasteiger charge is -2.38. The third kappa shape index (κ3) is 4.11. The van der Waals surface area contributed by atoms with E-state index in [0.717, 1.165) is 31.9 Å². The lowest BCUT2D eigenvalue weighted by atomic mass is 10.1. The Morgan fingerprint density at radius 3 is 2.37 bits per heavy atom. The van der Waals surface area contributed by atoms with Crippen molar-refractivity contribution >= 4 is 23.3 Å². The van der Waals surface area contributed by atoms with Crippen molar-refractivity contribution in [3.8, 4) is 5.75 Å². The molecule has 1 amide bonds. The Hall–Kier alpha value is -3.29. The maximum absolute atomic E-state index is 12.0. The zero-order chi connectivity index (χ0) is 19.4. The second-order valence-corrected chi connectivity index (χ2v) is 6.35. The third-order valence-corrected chi connectivity index (χ3v) is 4.64. The van der Waals surface area contributed by atoms with Crippen LogP contribution in [0.4, 0.5) is 11.4 Å². The molecule has 3 N–H and O–H groups in total. The van der Waals surface area contributed by atoms with Crippen molar-refractivity contribution in [3.05, 3.63) is 47.8 Å². The summed E-state index contributed by atoms with van der Waals surface area (Å²) in [6.07, 6.45) is 1.56. The smallest absolute Gasteiger partial charge is 0.322 e. The van der Waals surface area contributed by atoms with Gasteiger partial charge >= 0.3 is 5.97 Å². The maximum atomic E-state index is 12.0. The van der Waals surface area contributed by atoms with Gasteiger partial charge in [0.25, 0.3) is 5.91 Å². The number of carbonyl (C=O) groups is 2. The van der Waals surface area contributed by atoms with E-state index in [0.29, 0.717) is 5.56 Å². The minimum absolute atomic E-state index is 0.166. The van der Waals surface area contributed by atoms with Crippen LogP contribution in [0.25, 0.3) is 0 Å². The fourth-order valence-electron chi connectivity index (χ4n) is 3.15. The molecule has 27 heavy (non-hydrogen) atoms. The number of para-hydroxylation sites is 1. The fraction of sp³-hybridized carbons (Fsp3) is 0.316. The Labute approximate surface area is 157 Å². The van der Waals surface area contributed by atoms with E-state index in [1.165, 1.54) is 5.69 Å². The standard InChI is InChI=1S/C19H22N4O4/c1-13-15(11-20-17(18(13)26)19(27)21-12-16(24)25)23-9-7-22(8-10-23)14-5-3-2-4-6-14/h2-6,11,26H,7-10,12H2,1H3,(H,21,27)(H,24,25). The minimum Gasteiger partial charge on any atom is -0.505 e. The van der Waals surface area contributed by atoms with Gasteiger partial charge in [-0.25, -0.2) is 4.98 Å². The van der Waals surface area contributed by atoms with Crippen LogP contribution in [0, 0.1) is 6.92 Å². The molecule has 1 aliphatic rings. The van der Waals surface area contributed by atoms with Gasteiger partial charge in [-0.2, -0.15) is 0 Å². The molecule has 1 aliphatic heterocycles. The summed E-state index contributed by atoms with van der Waals surface area (Å²) >= 11 is 0. The summed E-state index contributed by atoms with van der Waals surface area (Å²) in [6.45, 7) is 4.41. The summed E-state index contributed by atoms with van der Waals surface area (Å²) in [4.78, 5) is 31.0. The highest BCUT2D eigenvalue weighted by Gasteiger charge is 2.23. The predicted molar refractivity (Wildman–Crippen MR) is 101 cm³/mol. The van der Waals surface area contributed by atoms with Crippen LogP contribution in [0.5, 0.6) is 5.75 Å².